The van der Waals surface area contributed by atoms with Crippen LogP contribution in [-0.2, 0) is 4.79 Å². The lowest BCUT2D eigenvalue weighted by Crippen LogP contribution is -2.36. The summed E-state index contributed by atoms with van der Waals surface area (Å²) in [5, 5.41) is 3.04. The quantitative estimate of drug-likeness (QED) is 0.651. The first-order valence-corrected chi connectivity index (χ1v) is 10.5. The van der Waals surface area contributed by atoms with Gasteiger partial charge in [-0.2, -0.15) is 0 Å². The Bertz CT molecular complexity index is 956. The van der Waals surface area contributed by atoms with Crippen molar-refractivity contribution in [3.05, 3.63) is 102 Å². The molecule has 0 aliphatic carbocycles. The van der Waals surface area contributed by atoms with Crippen LogP contribution in [0.1, 0.15) is 46.7 Å². The van der Waals surface area contributed by atoms with Crippen LogP contribution in [0, 0.1) is 0 Å². The first-order chi connectivity index (χ1) is 14.7. The minimum absolute atomic E-state index is 0.0124. The van der Waals surface area contributed by atoms with E-state index in [1.165, 1.54) is 0 Å². The molecule has 0 saturated carbocycles. The predicted molar refractivity (Wildman–Crippen MR) is 120 cm³/mol. The smallest absolute Gasteiger partial charge is 0.255 e. The highest BCUT2D eigenvalue weighted by molar-refractivity contribution is 6.05. The normalized spacial score (nSPS) is 13.8. The molecule has 152 valence electrons. The van der Waals surface area contributed by atoms with Crippen LogP contribution in [0.5, 0.6) is 0 Å². The van der Waals surface area contributed by atoms with Crippen molar-refractivity contribution in [2.24, 2.45) is 0 Å². The van der Waals surface area contributed by atoms with Crippen molar-refractivity contribution in [2.45, 2.75) is 25.2 Å². The lowest BCUT2D eigenvalue weighted by molar-refractivity contribution is -0.116. The number of amides is 2. The molecule has 1 fully saturated rings. The fourth-order valence-electron chi connectivity index (χ4n) is 4.04. The Kier molecular flexibility index (Phi) is 6.23. The Labute approximate surface area is 177 Å². The van der Waals surface area contributed by atoms with E-state index in [0.717, 1.165) is 43.5 Å². The molecule has 0 bridgehead atoms. The molecule has 4 rings (SSSR count). The SMILES string of the molecule is O=C(Nc1ccccc1C(=O)N1CCCCC1)C(c1ccccc1)c1ccccc1. The second-order valence-electron chi connectivity index (χ2n) is 7.64. The Morgan fingerprint density at radius 3 is 1.83 bits per heavy atom. The van der Waals surface area contributed by atoms with Crippen molar-refractivity contribution >= 4 is 17.5 Å². The molecule has 3 aromatic carbocycles. The summed E-state index contributed by atoms with van der Waals surface area (Å²) >= 11 is 0. The molecule has 1 aliphatic heterocycles. The number of rotatable bonds is 5. The van der Waals surface area contributed by atoms with E-state index in [-0.39, 0.29) is 11.8 Å². The fraction of sp³-hybridized carbons (Fsp3) is 0.231. The van der Waals surface area contributed by atoms with Crippen molar-refractivity contribution in [3.8, 4) is 0 Å². The number of benzene rings is 3. The number of likely N-dealkylation sites (tertiary alicyclic amines) is 1. The van der Waals surface area contributed by atoms with Gasteiger partial charge in [-0.25, -0.2) is 0 Å². The van der Waals surface area contributed by atoms with E-state index in [9.17, 15) is 9.59 Å². The molecule has 0 aromatic heterocycles. The standard InChI is InChI=1S/C26H26N2O2/c29-25(24(20-12-4-1-5-13-20)21-14-6-2-7-15-21)27-23-17-9-8-16-22(23)26(30)28-18-10-3-11-19-28/h1-2,4-9,12-17,24H,3,10-11,18-19H2,(H,27,29). The molecule has 30 heavy (non-hydrogen) atoms. The van der Waals surface area contributed by atoms with E-state index in [1.54, 1.807) is 6.07 Å². The Morgan fingerprint density at radius 1 is 0.700 bits per heavy atom. The maximum absolute atomic E-state index is 13.4. The van der Waals surface area contributed by atoms with E-state index in [1.807, 2.05) is 83.8 Å². The number of piperidine rings is 1. The monoisotopic (exact) mass is 398 g/mol. The highest BCUT2D eigenvalue weighted by atomic mass is 16.2. The highest BCUT2D eigenvalue weighted by Gasteiger charge is 2.25. The van der Waals surface area contributed by atoms with Crippen LogP contribution in [-0.4, -0.2) is 29.8 Å². The molecule has 2 amide bonds. The summed E-state index contributed by atoms with van der Waals surface area (Å²) in [6, 6.07) is 26.8. The van der Waals surface area contributed by atoms with Gasteiger partial charge in [0.1, 0.15) is 0 Å². The summed E-state index contributed by atoms with van der Waals surface area (Å²) in [5.74, 6) is -0.613. The molecule has 4 heteroatoms. The van der Waals surface area contributed by atoms with Crippen LogP contribution < -0.4 is 5.32 Å². The highest BCUT2D eigenvalue weighted by Crippen LogP contribution is 2.28. The van der Waals surface area contributed by atoms with Crippen LogP contribution >= 0.6 is 0 Å². The lowest BCUT2D eigenvalue weighted by atomic mass is 9.90. The number of nitrogens with zero attached hydrogens (tertiary/aromatic N) is 1. The molecule has 0 radical (unpaired) electrons. The molecule has 0 atom stereocenters. The van der Waals surface area contributed by atoms with E-state index < -0.39 is 5.92 Å². The van der Waals surface area contributed by atoms with Gasteiger partial charge in [0.2, 0.25) is 5.91 Å². The predicted octanol–water partition coefficient (Wildman–Crippen LogP) is 5.08. The summed E-state index contributed by atoms with van der Waals surface area (Å²) in [4.78, 5) is 28.4. The van der Waals surface area contributed by atoms with Gasteiger partial charge in [0, 0.05) is 13.1 Å². The number of carbonyl (C=O) groups excluding carboxylic acids is 2. The third-order valence-electron chi connectivity index (χ3n) is 5.59. The zero-order valence-corrected chi connectivity index (χ0v) is 17.0. The summed E-state index contributed by atoms with van der Waals surface area (Å²) in [7, 11) is 0. The molecule has 3 aromatic rings. The molecule has 1 saturated heterocycles. The van der Waals surface area contributed by atoms with E-state index in [2.05, 4.69) is 5.32 Å². The van der Waals surface area contributed by atoms with Crippen molar-refractivity contribution in [1.29, 1.82) is 0 Å². The van der Waals surface area contributed by atoms with Gasteiger partial charge in [-0.1, -0.05) is 72.8 Å². The van der Waals surface area contributed by atoms with Crippen molar-refractivity contribution in [1.82, 2.24) is 4.90 Å². The number of anilines is 1. The number of para-hydroxylation sites is 1. The molecule has 0 unspecified atom stereocenters. The molecular weight excluding hydrogens is 372 g/mol. The Hall–Kier alpha value is -3.40. The van der Waals surface area contributed by atoms with E-state index in [4.69, 9.17) is 0 Å². The first-order valence-electron chi connectivity index (χ1n) is 10.5. The largest absolute Gasteiger partial charge is 0.339 e. The van der Waals surface area contributed by atoms with Crippen molar-refractivity contribution < 1.29 is 9.59 Å². The Balaban J connectivity index is 1.63. The number of hydrogen-bond donors (Lipinski definition) is 1. The zero-order valence-electron chi connectivity index (χ0n) is 17.0. The summed E-state index contributed by atoms with van der Waals surface area (Å²) < 4.78 is 0. The van der Waals surface area contributed by atoms with Gasteiger partial charge in [-0.3, -0.25) is 9.59 Å². The van der Waals surface area contributed by atoms with Crippen LogP contribution in [0.15, 0.2) is 84.9 Å². The molecule has 1 N–H and O–H groups in total. The molecule has 0 spiro atoms. The van der Waals surface area contributed by atoms with Crippen LogP contribution in [0.25, 0.3) is 0 Å². The molecule has 1 heterocycles. The van der Waals surface area contributed by atoms with Gasteiger partial charge in [0.05, 0.1) is 17.2 Å². The average Bonchev–Trinajstić information content (AvgIpc) is 2.81. The van der Waals surface area contributed by atoms with Gasteiger partial charge >= 0.3 is 0 Å². The fourth-order valence-corrected chi connectivity index (χ4v) is 4.04. The summed E-state index contributed by atoms with van der Waals surface area (Å²) in [6.07, 6.45) is 3.23. The molecule has 4 nitrogen and oxygen atoms in total. The van der Waals surface area contributed by atoms with Crippen LogP contribution in [0.4, 0.5) is 5.69 Å². The number of hydrogen-bond acceptors (Lipinski definition) is 2. The van der Waals surface area contributed by atoms with Crippen LogP contribution in [0.3, 0.4) is 0 Å². The number of carbonyl (C=O) groups is 2. The van der Waals surface area contributed by atoms with Crippen LogP contribution in [0.2, 0.25) is 0 Å². The maximum atomic E-state index is 13.4. The number of nitrogens with one attached hydrogen (secondary N) is 1. The van der Waals surface area contributed by atoms with Gasteiger partial charge in [-0.05, 0) is 42.5 Å². The lowest BCUT2D eigenvalue weighted by Gasteiger charge is -2.27. The summed E-state index contributed by atoms with van der Waals surface area (Å²) in [6.45, 7) is 1.55. The minimum atomic E-state index is -0.453. The van der Waals surface area contributed by atoms with Gasteiger partial charge < -0.3 is 10.2 Å². The Morgan fingerprint density at radius 2 is 1.23 bits per heavy atom. The zero-order chi connectivity index (χ0) is 20.8. The molecular formula is C26H26N2O2. The topological polar surface area (TPSA) is 49.4 Å². The first kappa shape index (κ1) is 19.9. The van der Waals surface area contributed by atoms with Gasteiger partial charge in [0.25, 0.3) is 5.91 Å². The van der Waals surface area contributed by atoms with Gasteiger partial charge in [0.15, 0.2) is 0 Å². The molecule has 1 aliphatic rings. The average molecular weight is 399 g/mol. The second kappa shape index (κ2) is 9.40. The third kappa shape index (κ3) is 4.43. The maximum Gasteiger partial charge on any atom is 0.255 e. The summed E-state index contributed by atoms with van der Waals surface area (Å²) in [5.41, 5.74) is 2.95. The van der Waals surface area contributed by atoms with Crippen molar-refractivity contribution in [3.63, 3.8) is 0 Å². The van der Waals surface area contributed by atoms with Gasteiger partial charge in [-0.15, -0.1) is 0 Å². The third-order valence-corrected chi connectivity index (χ3v) is 5.59. The van der Waals surface area contributed by atoms with Crippen molar-refractivity contribution in [2.75, 3.05) is 18.4 Å². The minimum Gasteiger partial charge on any atom is -0.339 e. The second-order valence-corrected chi connectivity index (χ2v) is 7.64. The van der Waals surface area contributed by atoms with E-state index >= 15 is 0 Å². The van der Waals surface area contributed by atoms with E-state index in [0.29, 0.717) is 11.3 Å².